The highest BCUT2D eigenvalue weighted by Gasteiger charge is 2.21. The van der Waals surface area contributed by atoms with Gasteiger partial charge in [0.15, 0.2) is 5.58 Å². The van der Waals surface area contributed by atoms with E-state index in [2.05, 4.69) is 229 Å². The second kappa shape index (κ2) is 14.1. The van der Waals surface area contributed by atoms with Crippen molar-refractivity contribution in [1.82, 2.24) is 0 Å². The molecule has 11 rings (SSSR count). The number of para-hydroxylation sites is 1. The molecule has 0 saturated heterocycles. The second-order valence-corrected chi connectivity index (χ2v) is 14.9. The monoisotopic (exact) mass is 739 g/mol. The summed E-state index contributed by atoms with van der Waals surface area (Å²) in [5.74, 6) is 0. The summed E-state index contributed by atoms with van der Waals surface area (Å²) < 4.78 is 6.87. The van der Waals surface area contributed by atoms with E-state index in [1.54, 1.807) is 0 Å². The van der Waals surface area contributed by atoms with E-state index in [0.29, 0.717) is 0 Å². The van der Waals surface area contributed by atoms with Gasteiger partial charge in [0.1, 0.15) is 5.58 Å². The van der Waals surface area contributed by atoms with Gasteiger partial charge in [0.05, 0.1) is 5.69 Å². The molecule has 1 aromatic heterocycles. The lowest BCUT2D eigenvalue weighted by molar-refractivity contribution is 0.669. The topological polar surface area (TPSA) is 16.4 Å². The molecule has 58 heavy (non-hydrogen) atoms. The van der Waals surface area contributed by atoms with Crippen molar-refractivity contribution in [2.24, 2.45) is 0 Å². The van der Waals surface area contributed by atoms with E-state index in [0.717, 1.165) is 50.1 Å². The summed E-state index contributed by atoms with van der Waals surface area (Å²) in [5.41, 5.74) is 14.3. The average Bonchev–Trinajstić information content (AvgIpc) is 3.68. The molecule has 1 heterocycles. The maximum Gasteiger partial charge on any atom is 0.159 e. The van der Waals surface area contributed by atoms with Crippen molar-refractivity contribution in [2.45, 2.75) is 0 Å². The van der Waals surface area contributed by atoms with Crippen LogP contribution in [0.15, 0.2) is 229 Å². The maximum atomic E-state index is 6.87. The minimum absolute atomic E-state index is 0.853. The second-order valence-electron chi connectivity index (χ2n) is 14.9. The van der Waals surface area contributed by atoms with Gasteiger partial charge in [-0.25, -0.2) is 0 Å². The van der Waals surface area contributed by atoms with Gasteiger partial charge in [-0.3, -0.25) is 0 Å². The molecular formula is C56H37NO. The summed E-state index contributed by atoms with van der Waals surface area (Å²) in [5, 5.41) is 7.12. The van der Waals surface area contributed by atoms with E-state index < -0.39 is 0 Å². The Balaban J connectivity index is 1.07. The Hall–Kier alpha value is -7.68. The molecule has 0 aliphatic rings. The van der Waals surface area contributed by atoms with E-state index >= 15 is 0 Å². The first-order chi connectivity index (χ1) is 28.7. The Morgan fingerprint density at radius 1 is 0.293 bits per heavy atom. The average molecular weight is 740 g/mol. The van der Waals surface area contributed by atoms with Crippen LogP contribution in [-0.2, 0) is 0 Å². The van der Waals surface area contributed by atoms with Crippen LogP contribution in [0.2, 0.25) is 0 Å². The predicted octanol–water partition coefficient (Wildman–Crippen LogP) is 16.0. The quantitative estimate of drug-likeness (QED) is 0.162. The first kappa shape index (κ1) is 33.6. The fourth-order valence-electron chi connectivity index (χ4n) is 8.59. The zero-order valence-electron chi connectivity index (χ0n) is 31.7. The van der Waals surface area contributed by atoms with Crippen LogP contribution in [0, 0.1) is 0 Å². The maximum absolute atomic E-state index is 6.87. The number of furan rings is 1. The van der Waals surface area contributed by atoms with E-state index in [-0.39, 0.29) is 0 Å². The van der Waals surface area contributed by atoms with Gasteiger partial charge in [-0.15, -0.1) is 0 Å². The summed E-state index contributed by atoms with van der Waals surface area (Å²) in [6.45, 7) is 0. The third kappa shape index (κ3) is 5.91. The Labute approximate surface area is 337 Å². The van der Waals surface area contributed by atoms with Crippen LogP contribution in [0.25, 0.3) is 88.0 Å². The highest BCUT2D eigenvalue weighted by Crippen LogP contribution is 2.44. The number of rotatable bonds is 7. The standard InChI is InChI=1S/C56H37NO/c1-3-13-38(14-4-1)45-29-34-50-51-23-12-24-54(56(51)58-55(50)37-45)57(46-30-25-41(26-31-46)49-22-11-20-39-17-9-10-21-48(39)49)47-32-27-42(28-33-47)53-36-44-19-8-7-18-43(44)35-52(53)40-15-5-2-6-16-40/h1-37H. The molecule has 0 spiro atoms. The zero-order valence-corrected chi connectivity index (χ0v) is 31.7. The number of hydrogen-bond acceptors (Lipinski definition) is 2. The SMILES string of the molecule is c1ccc(-c2ccc3c(c2)oc2c(N(c4ccc(-c5cc6ccccc6cc5-c5ccccc5)cc4)c4ccc(-c5cccc6ccccc56)cc4)cccc23)cc1. The van der Waals surface area contributed by atoms with Gasteiger partial charge in [0.2, 0.25) is 0 Å². The first-order valence-corrected chi connectivity index (χ1v) is 19.8. The largest absolute Gasteiger partial charge is 0.454 e. The number of nitrogens with zero attached hydrogens (tertiary/aromatic N) is 1. The Morgan fingerprint density at radius 3 is 1.47 bits per heavy atom. The van der Waals surface area contributed by atoms with Crippen LogP contribution < -0.4 is 4.90 Å². The molecule has 0 fully saturated rings. The third-order valence-corrected chi connectivity index (χ3v) is 11.5. The Morgan fingerprint density at radius 2 is 0.793 bits per heavy atom. The molecule has 0 amide bonds. The molecule has 11 aromatic rings. The molecule has 2 heteroatoms. The molecule has 0 bridgehead atoms. The van der Waals surface area contributed by atoms with Gasteiger partial charge in [-0.2, -0.15) is 0 Å². The highest BCUT2D eigenvalue weighted by atomic mass is 16.3. The Kier molecular flexibility index (Phi) is 8.19. The summed E-state index contributed by atoms with van der Waals surface area (Å²) in [7, 11) is 0. The molecular weight excluding hydrogens is 703 g/mol. The number of fused-ring (bicyclic) bond motifs is 5. The van der Waals surface area contributed by atoms with Crippen molar-refractivity contribution in [3.05, 3.63) is 224 Å². The van der Waals surface area contributed by atoms with Crippen LogP contribution in [-0.4, -0.2) is 0 Å². The smallest absolute Gasteiger partial charge is 0.159 e. The number of benzene rings is 10. The van der Waals surface area contributed by atoms with E-state index in [1.807, 2.05) is 0 Å². The molecule has 2 nitrogen and oxygen atoms in total. The summed E-state index contributed by atoms with van der Waals surface area (Å²) in [4.78, 5) is 2.33. The van der Waals surface area contributed by atoms with E-state index in [9.17, 15) is 0 Å². The molecule has 0 radical (unpaired) electrons. The third-order valence-electron chi connectivity index (χ3n) is 11.5. The molecule has 0 atom stereocenters. The van der Waals surface area contributed by atoms with Gasteiger partial charge < -0.3 is 9.32 Å². The number of hydrogen-bond donors (Lipinski definition) is 0. The van der Waals surface area contributed by atoms with Crippen LogP contribution in [0.5, 0.6) is 0 Å². The van der Waals surface area contributed by atoms with E-state index in [4.69, 9.17) is 4.42 Å². The molecule has 0 aliphatic heterocycles. The summed E-state index contributed by atoms with van der Waals surface area (Å²) in [6.07, 6.45) is 0. The lowest BCUT2D eigenvalue weighted by atomic mass is 9.91. The lowest BCUT2D eigenvalue weighted by Gasteiger charge is -2.26. The van der Waals surface area contributed by atoms with Gasteiger partial charge >= 0.3 is 0 Å². The van der Waals surface area contributed by atoms with Crippen LogP contribution in [0.3, 0.4) is 0 Å². The fourth-order valence-corrected chi connectivity index (χ4v) is 8.59. The van der Waals surface area contributed by atoms with Gasteiger partial charge in [-0.1, -0.05) is 170 Å². The summed E-state index contributed by atoms with van der Waals surface area (Å²) >= 11 is 0. The van der Waals surface area contributed by atoms with Crippen molar-refractivity contribution in [3.63, 3.8) is 0 Å². The molecule has 0 aliphatic carbocycles. The minimum atomic E-state index is 0.853. The van der Waals surface area contributed by atoms with Gasteiger partial charge in [0.25, 0.3) is 0 Å². The van der Waals surface area contributed by atoms with Crippen molar-refractivity contribution in [1.29, 1.82) is 0 Å². The lowest BCUT2D eigenvalue weighted by Crippen LogP contribution is -2.10. The van der Waals surface area contributed by atoms with E-state index in [1.165, 1.54) is 54.9 Å². The van der Waals surface area contributed by atoms with Crippen LogP contribution in [0.1, 0.15) is 0 Å². The van der Waals surface area contributed by atoms with Crippen molar-refractivity contribution < 1.29 is 4.42 Å². The molecule has 272 valence electrons. The highest BCUT2D eigenvalue weighted by molar-refractivity contribution is 6.11. The normalized spacial score (nSPS) is 11.4. The predicted molar refractivity (Wildman–Crippen MR) is 245 cm³/mol. The molecule has 0 saturated carbocycles. The summed E-state index contributed by atoms with van der Waals surface area (Å²) in [6, 6.07) is 80.6. The Bertz CT molecular complexity index is 3250. The minimum Gasteiger partial charge on any atom is -0.454 e. The first-order valence-electron chi connectivity index (χ1n) is 19.8. The molecule has 10 aromatic carbocycles. The molecule has 0 unspecified atom stereocenters. The fraction of sp³-hybridized carbons (Fsp3) is 0. The van der Waals surface area contributed by atoms with Gasteiger partial charge in [-0.05, 0) is 121 Å². The van der Waals surface area contributed by atoms with Crippen molar-refractivity contribution in [3.8, 4) is 44.5 Å². The zero-order chi connectivity index (χ0) is 38.4. The van der Waals surface area contributed by atoms with Crippen molar-refractivity contribution >= 4 is 60.5 Å². The number of anilines is 3. The van der Waals surface area contributed by atoms with Gasteiger partial charge in [0, 0.05) is 22.1 Å². The van der Waals surface area contributed by atoms with Crippen LogP contribution in [0.4, 0.5) is 17.1 Å². The van der Waals surface area contributed by atoms with Crippen LogP contribution >= 0.6 is 0 Å². The van der Waals surface area contributed by atoms with Crippen molar-refractivity contribution in [2.75, 3.05) is 4.90 Å². The molecule has 0 N–H and O–H groups in total.